The molecule has 0 bridgehead atoms. The number of carbonyl (C=O) groups is 2. The zero-order chi connectivity index (χ0) is 7.15. The molecule has 5 N–H and O–H groups in total. The fourth-order valence-corrected chi connectivity index (χ4v) is 0. The van der Waals surface area contributed by atoms with E-state index in [2.05, 4.69) is 11.5 Å². The summed E-state index contributed by atoms with van der Waals surface area (Å²) in [6.07, 6.45) is 0. The molecule has 51 valence electrons. The van der Waals surface area contributed by atoms with Gasteiger partial charge in [0.05, 0.1) is 0 Å². The van der Waals surface area contributed by atoms with Gasteiger partial charge in [0, 0.05) is 42.5 Å². The summed E-state index contributed by atoms with van der Waals surface area (Å²) < 4.78 is 0. The minimum atomic E-state index is -0.833. The second-order valence-corrected chi connectivity index (χ2v) is 0.921. The van der Waals surface area contributed by atoms with E-state index < -0.39 is 12.0 Å². The molecular formula is C3H8LaN2O3. The molecule has 0 heterocycles. The van der Waals surface area contributed by atoms with E-state index in [4.69, 9.17) is 14.7 Å². The monoisotopic (exact) mass is 259 g/mol. The number of nitrogens with two attached hydrogens (primary N) is 2. The molecule has 2 amide bonds. The Morgan fingerprint density at radius 2 is 1.33 bits per heavy atom. The van der Waals surface area contributed by atoms with Gasteiger partial charge in [-0.25, -0.2) is 4.79 Å². The third-order valence-corrected chi connectivity index (χ3v) is 0. The molecule has 0 unspecified atom stereocenters. The summed E-state index contributed by atoms with van der Waals surface area (Å²) in [4.78, 5) is 18.0. The van der Waals surface area contributed by atoms with E-state index in [-0.39, 0.29) is 35.6 Å². The smallest absolute Gasteiger partial charge is 0.309 e. The first-order valence-corrected chi connectivity index (χ1v) is 1.71. The van der Waals surface area contributed by atoms with Crippen LogP contribution in [0.5, 0.6) is 0 Å². The number of rotatable bonds is 0. The fourth-order valence-electron chi connectivity index (χ4n) is 0. The van der Waals surface area contributed by atoms with Crippen molar-refractivity contribution in [3.8, 4) is 0 Å². The van der Waals surface area contributed by atoms with Gasteiger partial charge in [-0.3, -0.25) is 4.79 Å². The Bertz CT molecular complexity index is 75.1. The maximum absolute atomic E-state index is 9.00. The zero-order valence-corrected chi connectivity index (χ0v) is 8.62. The summed E-state index contributed by atoms with van der Waals surface area (Å²) in [6.45, 7) is 1.08. The van der Waals surface area contributed by atoms with Crippen LogP contribution >= 0.6 is 0 Å². The predicted octanol–water partition coefficient (Wildman–Crippen LogP) is -0.885. The molecule has 0 aromatic rings. The Labute approximate surface area is 80.4 Å². The first kappa shape index (κ1) is 16.0. The van der Waals surface area contributed by atoms with Gasteiger partial charge in [-0.1, -0.05) is 0 Å². The van der Waals surface area contributed by atoms with Crippen molar-refractivity contribution in [1.29, 1.82) is 0 Å². The van der Waals surface area contributed by atoms with Crippen molar-refractivity contribution in [2.45, 2.75) is 6.92 Å². The number of amides is 2. The van der Waals surface area contributed by atoms with Gasteiger partial charge in [-0.15, -0.1) is 0 Å². The molecule has 6 heteroatoms. The quantitative estimate of drug-likeness (QED) is 0.525. The number of urea groups is 1. The minimum Gasteiger partial charge on any atom is -0.481 e. The molecule has 9 heavy (non-hydrogen) atoms. The van der Waals surface area contributed by atoms with E-state index in [0.29, 0.717) is 0 Å². The van der Waals surface area contributed by atoms with Crippen LogP contribution in [0.25, 0.3) is 0 Å². The van der Waals surface area contributed by atoms with Gasteiger partial charge in [0.1, 0.15) is 0 Å². The van der Waals surface area contributed by atoms with E-state index in [1.807, 2.05) is 0 Å². The molecule has 0 aromatic carbocycles. The van der Waals surface area contributed by atoms with Crippen LogP contribution in [0.3, 0.4) is 0 Å². The second kappa shape index (κ2) is 10.8. The third kappa shape index (κ3) is 65800. The molecule has 0 aliphatic rings. The normalized spacial score (nSPS) is 5.44. The molecule has 0 atom stereocenters. The number of carboxylic acid groups (broad SMARTS) is 1. The number of hydrogen-bond donors (Lipinski definition) is 3. The molecule has 0 aliphatic carbocycles. The van der Waals surface area contributed by atoms with E-state index in [1.165, 1.54) is 0 Å². The standard InChI is InChI=1S/C2H4O2.CH4N2O.La/c1-2(3)4;2-1(3)4;/h1H3,(H,3,4);(H4,2,3,4);. The summed E-state index contributed by atoms with van der Waals surface area (Å²) in [7, 11) is 0. The van der Waals surface area contributed by atoms with Gasteiger partial charge in [0.15, 0.2) is 0 Å². The van der Waals surface area contributed by atoms with Gasteiger partial charge in [0.25, 0.3) is 5.97 Å². The molecule has 0 aliphatic heterocycles. The van der Waals surface area contributed by atoms with E-state index >= 15 is 0 Å². The number of carboxylic acids is 1. The van der Waals surface area contributed by atoms with Crippen LogP contribution in [0.1, 0.15) is 6.92 Å². The van der Waals surface area contributed by atoms with Gasteiger partial charge in [-0.05, 0) is 0 Å². The summed E-state index contributed by atoms with van der Waals surface area (Å²) in [6, 6.07) is -0.833. The van der Waals surface area contributed by atoms with Crippen molar-refractivity contribution in [2.75, 3.05) is 0 Å². The molecular weight excluding hydrogens is 251 g/mol. The third-order valence-electron chi connectivity index (χ3n) is 0. The Kier molecular flexibility index (Phi) is 19.2. The van der Waals surface area contributed by atoms with Crippen molar-refractivity contribution in [3.63, 3.8) is 0 Å². The van der Waals surface area contributed by atoms with Crippen LogP contribution in [0.4, 0.5) is 4.79 Å². The largest absolute Gasteiger partial charge is 0.481 e. The van der Waals surface area contributed by atoms with E-state index in [0.717, 1.165) is 6.92 Å². The Morgan fingerprint density at radius 1 is 1.33 bits per heavy atom. The number of hydrogen-bond acceptors (Lipinski definition) is 2. The second-order valence-electron chi connectivity index (χ2n) is 0.921. The molecule has 5 nitrogen and oxygen atoms in total. The fraction of sp³-hybridized carbons (Fsp3) is 0.333. The maximum Gasteiger partial charge on any atom is 0.309 e. The molecule has 0 aromatic heterocycles. The topological polar surface area (TPSA) is 106 Å². The van der Waals surface area contributed by atoms with Crippen LogP contribution in [0, 0.1) is 35.6 Å². The van der Waals surface area contributed by atoms with Crippen molar-refractivity contribution < 1.29 is 50.3 Å². The van der Waals surface area contributed by atoms with Crippen molar-refractivity contribution in [1.82, 2.24) is 0 Å². The molecule has 1 radical (unpaired) electrons. The van der Waals surface area contributed by atoms with Crippen molar-refractivity contribution in [2.24, 2.45) is 11.5 Å². The first-order valence-electron chi connectivity index (χ1n) is 1.71. The van der Waals surface area contributed by atoms with Crippen LogP contribution in [0.15, 0.2) is 0 Å². The molecule has 0 fully saturated rings. The zero-order valence-electron chi connectivity index (χ0n) is 5.00. The Balaban J connectivity index is -0.0000000720. The predicted molar refractivity (Wildman–Crippen MR) is 27.1 cm³/mol. The number of aliphatic carboxylic acids is 1. The molecule has 0 spiro atoms. The summed E-state index contributed by atoms with van der Waals surface area (Å²) in [5, 5.41) is 7.42. The average Bonchev–Trinajstić information content (AvgIpc) is 1.25. The molecule has 0 rings (SSSR count). The maximum atomic E-state index is 9.00. The van der Waals surface area contributed by atoms with Gasteiger partial charge < -0.3 is 16.6 Å². The van der Waals surface area contributed by atoms with Crippen LogP contribution in [0.2, 0.25) is 0 Å². The summed E-state index contributed by atoms with van der Waals surface area (Å²) >= 11 is 0. The average molecular weight is 259 g/mol. The molecule has 0 saturated heterocycles. The Hall–Kier alpha value is -0.0652. The number of carbonyl (C=O) groups excluding carboxylic acids is 1. The molecule has 0 saturated carbocycles. The summed E-state index contributed by atoms with van der Waals surface area (Å²) in [5.41, 5.74) is 8.50. The van der Waals surface area contributed by atoms with Gasteiger partial charge in [0.2, 0.25) is 0 Å². The van der Waals surface area contributed by atoms with Crippen molar-refractivity contribution >= 4 is 12.0 Å². The summed E-state index contributed by atoms with van der Waals surface area (Å²) in [5.74, 6) is -0.833. The minimum absolute atomic E-state index is 0. The van der Waals surface area contributed by atoms with Gasteiger partial charge >= 0.3 is 6.03 Å². The first-order chi connectivity index (χ1) is 3.46. The van der Waals surface area contributed by atoms with Crippen molar-refractivity contribution in [3.05, 3.63) is 0 Å². The SMILES string of the molecule is CC(=O)O.NC(N)=O.[La]. The van der Waals surface area contributed by atoms with Crippen LogP contribution in [-0.4, -0.2) is 17.1 Å². The van der Waals surface area contributed by atoms with E-state index in [9.17, 15) is 0 Å². The van der Waals surface area contributed by atoms with Crippen LogP contribution < -0.4 is 11.5 Å². The number of primary amides is 2. The van der Waals surface area contributed by atoms with Gasteiger partial charge in [-0.2, -0.15) is 0 Å². The van der Waals surface area contributed by atoms with Crippen LogP contribution in [-0.2, 0) is 4.79 Å². The van der Waals surface area contributed by atoms with E-state index in [1.54, 1.807) is 0 Å². The Morgan fingerprint density at radius 3 is 1.33 bits per heavy atom.